The van der Waals surface area contributed by atoms with Gasteiger partial charge in [0.15, 0.2) is 0 Å². The van der Waals surface area contributed by atoms with Crippen molar-refractivity contribution >= 4 is 0 Å². The van der Waals surface area contributed by atoms with E-state index in [-0.39, 0.29) is 0 Å². The normalized spacial score (nSPS) is 39.2. The van der Waals surface area contributed by atoms with Gasteiger partial charge in [-0.3, -0.25) is 4.90 Å². The van der Waals surface area contributed by atoms with Gasteiger partial charge >= 0.3 is 0 Å². The summed E-state index contributed by atoms with van der Waals surface area (Å²) in [6.45, 7) is 3.90. The molecule has 3 fully saturated rings. The summed E-state index contributed by atoms with van der Waals surface area (Å²) >= 11 is 0. The van der Waals surface area contributed by atoms with E-state index in [9.17, 15) is 0 Å². The second-order valence-electron chi connectivity index (χ2n) is 5.64. The van der Waals surface area contributed by atoms with Crippen molar-refractivity contribution in [3.8, 4) is 0 Å². The van der Waals surface area contributed by atoms with Gasteiger partial charge in [0.25, 0.3) is 0 Å². The third-order valence-electron chi connectivity index (χ3n) is 4.80. The summed E-state index contributed by atoms with van der Waals surface area (Å²) in [6.07, 6.45) is 10.3. The quantitative estimate of drug-likeness (QED) is 0.709. The lowest BCUT2D eigenvalue weighted by molar-refractivity contribution is 0.139. The van der Waals surface area contributed by atoms with Gasteiger partial charge in [-0.05, 0) is 51.1 Å². The minimum Gasteiger partial charge on any atom is -0.315 e. The van der Waals surface area contributed by atoms with Gasteiger partial charge in [0.1, 0.15) is 0 Å². The van der Waals surface area contributed by atoms with E-state index in [0.29, 0.717) is 0 Å². The fraction of sp³-hybridized carbons (Fsp3) is 1.00. The molecule has 15 heavy (non-hydrogen) atoms. The summed E-state index contributed by atoms with van der Waals surface area (Å²) in [5.41, 5.74) is 0. The molecular formula is C13H24N2. The standard InChI is InChI=1S/C13H24N2/c1-2-5-11(4-1)13-10-14-8-7-12-6-3-9-15(12)13/h11-14H,1-10H2. The molecule has 86 valence electrons. The Morgan fingerprint density at radius 3 is 2.67 bits per heavy atom. The van der Waals surface area contributed by atoms with Crippen LogP contribution in [-0.4, -0.2) is 36.6 Å². The molecule has 2 atom stereocenters. The van der Waals surface area contributed by atoms with Crippen LogP contribution >= 0.6 is 0 Å². The molecule has 0 spiro atoms. The van der Waals surface area contributed by atoms with Gasteiger partial charge in [-0.2, -0.15) is 0 Å². The van der Waals surface area contributed by atoms with Crippen molar-refractivity contribution in [3.05, 3.63) is 0 Å². The zero-order valence-corrected chi connectivity index (χ0v) is 9.75. The fourth-order valence-electron chi connectivity index (χ4n) is 4.02. The Hall–Kier alpha value is -0.0800. The van der Waals surface area contributed by atoms with E-state index in [1.54, 1.807) is 0 Å². The summed E-state index contributed by atoms with van der Waals surface area (Å²) in [4.78, 5) is 2.86. The summed E-state index contributed by atoms with van der Waals surface area (Å²) in [7, 11) is 0. The van der Waals surface area contributed by atoms with E-state index in [2.05, 4.69) is 10.2 Å². The van der Waals surface area contributed by atoms with Gasteiger partial charge in [0.05, 0.1) is 0 Å². The van der Waals surface area contributed by atoms with E-state index in [0.717, 1.165) is 18.0 Å². The van der Waals surface area contributed by atoms with Crippen molar-refractivity contribution in [2.45, 2.75) is 57.0 Å². The molecule has 1 saturated carbocycles. The molecule has 0 aromatic rings. The molecule has 3 aliphatic rings. The van der Waals surface area contributed by atoms with E-state index in [4.69, 9.17) is 0 Å². The van der Waals surface area contributed by atoms with Gasteiger partial charge in [0, 0.05) is 18.6 Å². The molecule has 2 heterocycles. The summed E-state index contributed by atoms with van der Waals surface area (Å²) in [5, 5.41) is 3.66. The zero-order chi connectivity index (χ0) is 10.1. The first-order valence-corrected chi connectivity index (χ1v) is 6.91. The van der Waals surface area contributed by atoms with Crippen LogP contribution in [0.3, 0.4) is 0 Å². The van der Waals surface area contributed by atoms with Gasteiger partial charge < -0.3 is 5.32 Å². The first-order valence-electron chi connectivity index (χ1n) is 6.91. The lowest BCUT2D eigenvalue weighted by Gasteiger charge is -2.34. The molecule has 0 aromatic carbocycles. The topological polar surface area (TPSA) is 15.3 Å². The summed E-state index contributed by atoms with van der Waals surface area (Å²) in [6, 6.07) is 1.80. The first kappa shape index (κ1) is 10.1. The maximum absolute atomic E-state index is 3.66. The molecular weight excluding hydrogens is 184 g/mol. The molecule has 2 nitrogen and oxygen atoms in total. The highest BCUT2D eigenvalue weighted by Crippen LogP contribution is 2.34. The van der Waals surface area contributed by atoms with Crippen LogP contribution in [0, 0.1) is 5.92 Å². The number of nitrogens with zero attached hydrogens (tertiary/aromatic N) is 1. The van der Waals surface area contributed by atoms with Crippen molar-refractivity contribution in [2.75, 3.05) is 19.6 Å². The highest BCUT2D eigenvalue weighted by atomic mass is 15.2. The number of rotatable bonds is 1. The number of hydrogen-bond acceptors (Lipinski definition) is 2. The molecule has 2 unspecified atom stereocenters. The predicted molar refractivity (Wildman–Crippen MR) is 63.0 cm³/mol. The van der Waals surface area contributed by atoms with Crippen LogP contribution in [0.25, 0.3) is 0 Å². The minimum atomic E-state index is 0.877. The summed E-state index contributed by atoms with van der Waals surface area (Å²) in [5.74, 6) is 1.01. The molecule has 0 amide bonds. The Bertz CT molecular complexity index is 211. The van der Waals surface area contributed by atoms with Crippen LogP contribution in [-0.2, 0) is 0 Å². The predicted octanol–water partition coefficient (Wildman–Crippen LogP) is 2.00. The molecule has 1 N–H and O–H groups in total. The van der Waals surface area contributed by atoms with Crippen LogP contribution in [0.5, 0.6) is 0 Å². The number of hydrogen-bond donors (Lipinski definition) is 1. The van der Waals surface area contributed by atoms with Crippen molar-refractivity contribution < 1.29 is 0 Å². The average Bonchev–Trinajstić information content (AvgIpc) is 2.88. The SMILES string of the molecule is C1CCC(C2CNCCC3CCCN32)C1. The zero-order valence-electron chi connectivity index (χ0n) is 9.75. The monoisotopic (exact) mass is 208 g/mol. The van der Waals surface area contributed by atoms with Crippen molar-refractivity contribution in [2.24, 2.45) is 5.92 Å². The molecule has 2 heteroatoms. The Balaban J connectivity index is 1.72. The van der Waals surface area contributed by atoms with Gasteiger partial charge in [-0.25, -0.2) is 0 Å². The summed E-state index contributed by atoms with van der Waals surface area (Å²) < 4.78 is 0. The Morgan fingerprint density at radius 1 is 0.933 bits per heavy atom. The van der Waals surface area contributed by atoms with E-state index in [1.165, 1.54) is 64.6 Å². The molecule has 3 rings (SSSR count). The maximum Gasteiger partial charge on any atom is 0.0251 e. The van der Waals surface area contributed by atoms with Crippen molar-refractivity contribution in [3.63, 3.8) is 0 Å². The van der Waals surface area contributed by atoms with Crippen LogP contribution in [0.2, 0.25) is 0 Å². The largest absolute Gasteiger partial charge is 0.315 e. The van der Waals surface area contributed by atoms with Gasteiger partial charge in [-0.15, -0.1) is 0 Å². The second kappa shape index (κ2) is 4.42. The molecule has 0 bridgehead atoms. The van der Waals surface area contributed by atoms with Gasteiger partial charge in [-0.1, -0.05) is 12.8 Å². The van der Waals surface area contributed by atoms with Crippen molar-refractivity contribution in [1.82, 2.24) is 10.2 Å². The lowest BCUT2D eigenvalue weighted by Crippen LogP contribution is -2.45. The smallest absolute Gasteiger partial charge is 0.0251 e. The molecule has 1 aliphatic carbocycles. The van der Waals surface area contributed by atoms with Crippen LogP contribution < -0.4 is 5.32 Å². The maximum atomic E-state index is 3.66. The second-order valence-corrected chi connectivity index (χ2v) is 5.64. The van der Waals surface area contributed by atoms with E-state index >= 15 is 0 Å². The molecule has 0 radical (unpaired) electrons. The van der Waals surface area contributed by atoms with E-state index in [1.807, 2.05) is 0 Å². The van der Waals surface area contributed by atoms with Crippen LogP contribution in [0.1, 0.15) is 44.9 Å². The average molecular weight is 208 g/mol. The molecule has 0 aromatic heterocycles. The van der Waals surface area contributed by atoms with Crippen LogP contribution in [0.15, 0.2) is 0 Å². The highest BCUT2D eigenvalue weighted by molar-refractivity contribution is 4.93. The Morgan fingerprint density at radius 2 is 1.80 bits per heavy atom. The molecule has 2 saturated heterocycles. The minimum absolute atomic E-state index is 0.877. The Kier molecular flexibility index (Phi) is 2.98. The number of nitrogens with one attached hydrogen (secondary N) is 1. The van der Waals surface area contributed by atoms with E-state index < -0.39 is 0 Å². The third kappa shape index (κ3) is 1.94. The third-order valence-corrected chi connectivity index (χ3v) is 4.80. The number of fused-ring (bicyclic) bond motifs is 1. The van der Waals surface area contributed by atoms with Gasteiger partial charge in [0.2, 0.25) is 0 Å². The van der Waals surface area contributed by atoms with Crippen molar-refractivity contribution in [1.29, 1.82) is 0 Å². The lowest BCUT2D eigenvalue weighted by atomic mass is 9.96. The highest BCUT2D eigenvalue weighted by Gasteiger charge is 2.37. The fourth-order valence-corrected chi connectivity index (χ4v) is 4.02. The van der Waals surface area contributed by atoms with Crippen LogP contribution in [0.4, 0.5) is 0 Å². The Labute approximate surface area is 93.4 Å². The first-order chi connectivity index (χ1) is 7.45. The molecule has 2 aliphatic heterocycles.